The molecule has 2 heterocycles. The lowest BCUT2D eigenvalue weighted by Gasteiger charge is -2.29. The molecule has 1 aromatic rings. The first-order valence-electron chi connectivity index (χ1n) is 8.49. The van der Waals surface area contributed by atoms with Gasteiger partial charge < -0.3 is 15.5 Å². The summed E-state index contributed by atoms with van der Waals surface area (Å²) in [4.78, 5) is 18.4. The number of amides is 1. The van der Waals surface area contributed by atoms with Crippen molar-refractivity contribution in [3.63, 3.8) is 0 Å². The van der Waals surface area contributed by atoms with Crippen LogP contribution in [0.5, 0.6) is 0 Å². The summed E-state index contributed by atoms with van der Waals surface area (Å²) in [7, 11) is -1.34. The maximum atomic E-state index is 12.5. The van der Waals surface area contributed by atoms with E-state index in [1.165, 1.54) is 11.1 Å². The van der Waals surface area contributed by atoms with Gasteiger partial charge in [0.2, 0.25) is 5.91 Å². The number of carbonyl (C=O) groups is 1. The van der Waals surface area contributed by atoms with E-state index in [0.717, 1.165) is 6.42 Å². The second-order valence-corrected chi connectivity index (χ2v) is 8.73. The number of halogens is 1. The lowest BCUT2D eigenvalue weighted by atomic mass is 10.00. The van der Waals surface area contributed by atoms with Crippen molar-refractivity contribution in [2.45, 2.75) is 25.4 Å². The van der Waals surface area contributed by atoms with Crippen LogP contribution in [0.1, 0.15) is 17.5 Å². The molecule has 1 unspecified atom stereocenters. The Hall–Kier alpha value is -1.36. The minimum atomic E-state index is -2.95. The Morgan fingerprint density at radius 1 is 1.31 bits per heavy atom. The van der Waals surface area contributed by atoms with E-state index >= 15 is 0 Å². The standard InChI is InChI=1S/C17H24N4O3S.HI/c1-18-17(20-15-7-9-25(23,24)12-15)19-10-16(22)21-8-6-13-4-2-3-5-14(13)11-21;/h2-5,15H,6-12H2,1H3,(H2,18,19,20);1H. The molecule has 2 aliphatic rings. The van der Waals surface area contributed by atoms with Gasteiger partial charge in [-0.05, 0) is 24.0 Å². The number of guanidine groups is 1. The molecule has 0 aromatic heterocycles. The highest BCUT2D eigenvalue weighted by molar-refractivity contribution is 14.0. The first kappa shape index (κ1) is 20.9. The van der Waals surface area contributed by atoms with Crippen molar-refractivity contribution in [1.82, 2.24) is 15.5 Å². The second-order valence-electron chi connectivity index (χ2n) is 6.50. The molecular formula is C17H25IN4O3S. The van der Waals surface area contributed by atoms with E-state index in [2.05, 4.69) is 27.8 Å². The molecule has 2 N–H and O–H groups in total. The average Bonchev–Trinajstić information content (AvgIpc) is 2.96. The Labute approximate surface area is 171 Å². The molecule has 0 bridgehead atoms. The molecule has 0 saturated carbocycles. The third-order valence-electron chi connectivity index (χ3n) is 4.69. The summed E-state index contributed by atoms with van der Waals surface area (Å²) in [6, 6.07) is 8.04. The summed E-state index contributed by atoms with van der Waals surface area (Å²) in [5, 5.41) is 6.08. The summed E-state index contributed by atoms with van der Waals surface area (Å²) in [5.41, 5.74) is 2.50. The first-order chi connectivity index (χ1) is 12.0. The minimum absolute atomic E-state index is 0. The summed E-state index contributed by atoms with van der Waals surface area (Å²) in [5.74, 6) is 0.794. The van der Waals surface area contributed by atoms with Crippen LogP contribution in [-0.2, 0) is 27.6 Å². The number of fused-ring (bicyclic) bond motifs is 1. The summed E-state index contributed by atoms with van der Waals surface area (Å²) < 4.78 is 23.0. The lowest BCUT2D eigenvalue weighted by molar-refractivity contribution is -0.130. The van der Waals surface area contributed by atoms with Crippen molar-refractivity contribution in [2.75, 3.05) is 31.6 Å². The van der Waals surface area contributed by atoms with E-state index < -0.39 is 9.84 Å². The number of aliphatic imine (C=N–C) groups is 1. The van der Waals surface area contributed by atoms with E-state index in [4.69, 9.17) is 0 Å². The fourth-order valence-corrected chi connectivity index (χ4v) is 4.95. The highest BCUT2D eigenvalue weighted by Crippen LogP contribution is 2.18. The molecule has 0 aliphatic carbocycles. The fourth-order valence-electron chi connectivity index (χ4n) is 3.28. The monoisotopic (exact) mass is 492 g/mol. The summed E-state index contributed by atoms with van der Waals surface area (Å²) in [6.07, 6.45) is 1.44. The van der Waals surface area contributed by atoms with E-state index in [-0.39, 0.29) is 54.0 Å². The Bertz CT molecular complexity index is 782. The van der Waals surface area contributed by atoms with Crippen LogP contribution in [0.25, 0.3) is 0 Å². The third kappa shape index (κ3) is 5.32. The van der Waals surface area contributed by atoms with Gasteiger partial charge in [0.05, 0.1) is 18.1 Å². The van der Waals surface area contributed by atoms with Crippen molar-refractivity contribution in [2.24, 2.45) is 4.99 Å². The zero-order valence-corrected chi connectivity index (χ0v) is 17.9. The van der Waals surface area contributed by atoms with Gasteiger partial charge in [-0.2, -0.15) is 0 Å². The molecule has 2 aliphatic heterocycles. The molecule has 1 atom stereocenters. The van der Waals surface area contributed by atoms with Gasteiger partial charge in [0.25, 0.3) is 0 Å². The number of hydrogen-bond donors (Lipinski definition) is 2. The smallest absolute Gasteiger partial charge is 0.242 e. The van der Waals surface area contributed by atoms with Gasteiger partial charge in [0.15, 0.2) is 15.8 Å². The van der Waals surface area contributed by atoms with Crippen molar-refractivity contribution < 1.29 is 13.2 Å². The van der Waals surface area contributed by atoms with Crippen LogP contribution in [-0.4, -0.2) is 62.9 Å². The van der Waals surface area contributed by atoms with Crippen LogP contribution in [0.4, 0.5) is 0 Å². The summed E-state index contributed by atoms with van der Waals surface area (Å²) in [6.45, 7) is 1.48. The number of nitrogens with zero attached hydrogens (tertiary/aromatic N) is 2. The molecule has 0 radical (unpaired) electrons. The molecule has 1 fully saturated rings. The zero-order valence-electron chi connectivity index (χ0n) is 14.8. The number of benzene rings is 1. The number of rotatable bonds is 3. The fraction of sp³-hybridized carbons (Fsp3) is 0.529. The third-order valence-corrected chi connectivity index (χ3v) is 6.46. The van der Waals surface area contributed by atoms with E-state index in [9.17, 15) is 13.2 Å². The van der Waals surface area contributed by atoms with Crippen LogP contribution < -0.4 is 10.6 Å². The maximum Gasteiger partial charge on any atom is 0.242 e. The van der Waals surface area contributed by atoms with Crippen LogP contribution in [0.2, 0.25) is 0 Å². The maximum absolute atomic E-state index is 12.5. The molecular weight excluding hydrogens is 467 g/mol. The zero-order chi connectivity index (χ0) is 17.9. The topological polar surface area (TPSA) is 90.9 Å². The predicted molar refractivity (Wildman–Crippen MR) is 113 cm³/mol. The van der Waals surface area contributed by atoms with Crippen molar-refractivity contribution >= 4 is 45.7 Å². The first-order valence-corrected chi connectivity index (χ1v) is 10.3. The minimum Gasteiger partial charge on any atom is -0.353 e. The van der Waals surface area contributed by atoms with Gasteiger partial charge in [0.1, 0.15) is 0 Å². The molecule has 144 valence electrons. The Kier molecular flexibility index (Phi) is 7.27. The highest BCUT2D eigenvalue weighted by atomic mass is 127. The molecule has 7 nitrogen and oxygen atoms in total. The molecule has 9 heteroatoms. The van der Waals surface area contributed by atoms with Gasteiger partial charge in [-0.1, -0.05) is 24.3 Å². The van der Waals surface area contributed by atoms with Gasteiger partial charge in [-0.15, -0.1) is 24.0 Å². The van der Waals surface area contributed by atoms with Crippen LogP contribution >= 0.6 is 24.0 Å². The van der Waals surface area contributed by atoms with Crippen molar-refractivity contribution in [3.05, 3.63) is 35.4 Å². The average molecular weight is 492 g/mol. The van der Waals surface area contributed by atoms with Crippen LogP contribution in [0.15, 0.2) is 29.3 Å². The van der Waals surface area contributed by atoms with Gasteiger partial charge in [0, 0.05) is 26.2 Å². The molecule has 26 heavy (non-hydrogen) atoms. The Balaban J connectivity index is 0.00000243. The van der Waals surface area contributed by atoms with Gasteiger partial charge in [-0.25, -0.2) is 8.42 Å². The molecule has 1 saturated heterocycles. The van der Waals surface area contributed by atoms with Crippen molar-refractivity contribution in [1.29, 1.82) is 0 Å². The number of nitrogens with one attached hydrogen (secondary N) is 2. The van der Waals surface area contributed by atoms with Gasteiger partial charge in [-0.3, -0.25) is 9.79 Å². The van der Waals surface area contributed by atoms with Crippen LogP contribution in [0, 0.1) is 0 Å². The van der Waals surface area contributed by atoms with E-state index in [1.54, 1.807) is 7.05 Å². The normalized spacial score (nSPS) is 21.5. The molecule has 0 spiro atoms. The highest BCUT2D eigenvalue weighted by Gasteiger charge is 2.28. The lowest BCUT2D eigenvalue weighted by Crippen LogP contribution is -2.48. The van der Waals surface area contributed by atoms with E-state index in [0.29, 0.717) is 25.5 Å². The Morgan fingerprint density at radius 2 is 2.04 bits per heavy atom. The summed E-state index contributed by atoms with van der Waals surface area (Å²) >= 11 is 0. The predicted octanol–water partition coefficient (Wildman–Crippen LogP) is 0.541. The second kappa shape index (κ2) is 9.03. The molecule has 1 aromatic carbocycles. The SMILES string of the molecule is CN=C(NCC(=O)N1CCc2ccccc2C1)NC1CCS(=O)(=O)C1.I. The molecule has 1 amide bonds. The quantitative estimate of drug-likeness (QED) is 0.365. The van der Waals surface area contributed by atoms with Crippen molar-refractivity contribution in [3.8, 4) is 0 Å². The van der Waals surface area contributed by atoms with Gasteiger partial charge >= 0.3 is 0 Å². The largest absolute Gasteiger partial charge is 0.353 e. The number of hydrogen-bond acceptors (Lipinski definition) is 4. The molecule has 3 rings (SSSR count). The number of sulfone groups is 1. The van der Waals surface area contributed by atoms with E-state index in [1.807, 2.05) is 17.0 Å². The Morgan fingerprint density at radius 3 is 2.69 bits per heavy atom. The van der Waals surface area contributed by atoms with Crippen LogP contribution in [0.3, 0.4) is 0 Å². The number of carbonyl (C=O) groups excluding carboxylic acids is 1.